The van der Waals surface area contributed by atoms with Crippen molar-refractivity contribution in [1.82, 2.24) is 0 Å². The minimum absolute atomic E-state index is 0.200. The van der Waals surface area contributed by atoms with Crippen molar-refractivity contribution in [2.45, 2.75) is 19.8 Å². The van der Waals surface area contributed by atoms with Crippen LogP contribution in [-0.2, 0) is 0 Å². The highest BCUT2D eigenvalue weighted by Crippen LogP contribution is 2.21. The first-order valence-corrected chi connectivity index (χ1v) is 5.19. The fourth-order valence-electron chi connectivity index (χ4n) is 1.22. The van der Waals surface area contributed by atoms with Crippen molar-refractivity contribution in [1.29, 1.82) is 5.41 Å². The van der Waals surface area contributed by atoms with E-state index in [1.165, 1.54) is 0 Å². The molecule has 0 amide bonds. The summed E-state index contributed by atoms with van der Waals surface area (Å²) in [5.74, 6) is 1.04. The highest BCUT2D eigenvalue weighted by molar-refractivity contribution is 6.30. The van der Waals surface area contributed by atoms with Crippen LogP contribution in [0.4, 0.5) is 0 Å². The van der Waals surface area contributed by atoms with E-state index in [1.54, 1.807) is 6.07 Å². The lowest BCUT2D eigenvalue weighted by molar-refractivity contribution is 0.311. The van der Waals surface area contributed by atoms with Crippen LogP contribution in [0.2, 0.25) is 5.02 Å². The van der Waals surface area contributed by atoms with E-state index in [4.69, 9.17) is 27.5 Å². The number of nitrogens with one attached hydrogen (secondary N) is 1. The van der Waals surface area contributed by atoms with Crippen LogP contribution in [0.25, 0.3) is 0 Å². The van der Waals surface area contributed by atoms with Crippen LogP contribution in [0.5, 0.6) is 5.75 Å². The lowest BCUT2D eigenvalue weighted by atomic mass is 10.2. The van der Waals surface area contributed by atoms with Crippen molar-refractivity contribution in [2.24, 2.45) is 5.73 Å². The fraction of sp³-hybridized carbons (Fsp3) is 0.364. The van der Waals surface area contributed by atoms with Crippen LogP contribution in [-0.4, -0.2) is 12.4 Å². The SMILES string of the molecule is Cc1cc(Cl)ccc1OCCCC(=N)N. The number of ether oxygens (including phenoxy) is 1. The monoisotopic (exact) mass is 226 g/mol. The number of hydrogen-bond acceptors (Lipinski definition) is 2. The van der Waals surface area contributed by atoms with Gasteiger partial charge in [0.1, 0.15) is 5.75 Å². The molecule has 0 atom stereocenters. The number of hydrogen-bond donors (Lipinski definition) is 2. The number of amidine groups is 1. The average molecular weight is 227 g/mol. The molecule has 3 N–H and O–H groups in total. The summed E-state index contributed by atoms with van der Waals surface area (Å²) in [5, 5.41) is 7.76. The van der Waals surface area contributed by atoms with Gasteiger partial charge in [0.05, 0.1) is 12.4 Å². The molecule has 0 aliphatic rings. The molecule has 4 heteroatoms. The molecule has 0 saturated heterocycles. The van der Waals surface area contributed by atoms with Gasteiger partial charge in [0.15, 0.2) is 0 Å². The molecule has 1 aromatic carbocycles. The lowest BCUT2D eigenvalue weighted by Gasteiger charge is -2.08. The van der Waals surface area contributed by atoms with E-state index in [1.807, 2.05) is 19.1 Å². The molecule has 0 heterocycles. The van der Waals surface area contributed by atoms with Crippen LogP contribution in [0.15, 0.2) is 18.2 Å². The van der Waals surface area contributed by atoms with Gasteiger partial charge in [0.2, 0.25) is 0 Å². The topological polar surface area (TPSA) is 59.1 Å². The van der Waals surface area contributed by atoms with Crippen LogP contribution in [0, 0.1) is 12.3 Å². The van der Waals surface area contributed by atoms with Crippen molar-refractivity contribution in [2.75, 3.05) is 6.61 Å². The Morgan fingerprint density at radius 3 is 2.87 bits per heavy atom. The second-order valence-electron chi connectivity index (χ2n) is 3.39. The maximum Gasteiger partial charge on any atom is 0.122 e. The quantitative estimate of drug-likeness (QED) is 0.461. The molecule has 0 radical (unpaired) electrons. The fourth-order valence-corrected chi connectivity index (χ4v) is 1.45. The van der Waals surface area contributed by atoms with Gasteiger partial charge in [-0.05, 0) is 37.1 Å². The third-order valence-electron chi connectivity index (χ3n) is 1.98. The smallest absolute Gasteiger partial charge is 0.122 e. The highest BCUT2D eigenvalue weighted by Gasteiger charge is 2.00. The van der Waals surface area contributed by atoms with Crippen molar-refractivity contribution in [3.63, 3.8) is 0 Å². The summed E-state index contributed by atoms with van der Waals surface area (Å²) >= 11 is 5.82. The molecule has 0 aliphatic heterocycles. The van der Waals surface area contributed by atoms with Crippen molar-refractivity contribution in [3.05, 3.63) is 28.8 Å². The van der Waals surface area contributed by atoms with Gasteiger partial charge in [-0.3, -0.25) is 5.41 Å². The number of rotatable bonds is 5. The van der Waals surface area contributed by atoms with Gasteiger partial charge in [0, 0.05) is 11.4 Å². The normalized spacial score (nSPS) is 10.0. The molecule has 82 valence electrons. The zero-order chi connectivity index (χ0) is 11.3. The number of nitrogens with two attached hydrogens (primary N) is 1. The molecule has 0 unspecified atom stereocenters. The summed E-state index contributed by atoms with van der Waals surface area (Å²) in [7, 11) is 0. The molecule has 3 nitrogen and oxygen atoms in total. The number of benzene rings is 1. The summed E-state index contributed by atoms with van der Waals surface area (Å²) in [6.07, 6.45) is 1.34. The molecule has 0 aliphatic carbocycles. The number of halogens is 1. The van der Waals surface area contributed by atoms with Gasteiger partial charge in [-0.15, -0.1) is 0 Å². The maximum absolute atomic E-state index is 7.05. The van der Waals surface area contributed by atoms with Gasteiger partial charge < -0.3 is 10.5 Å². The van der Waals surface area contributed by atoms with Gasteiger partial charge >= 0.3 is 0 Å². The van der Waals surface area contributed by atoms with Crippen LogP contribution in [0.3, 0.4) is 0 Å². The predicted octanol–water partition coefficient (Wildman–Crippen LogP) is 2.74. The summed E-state index contributed by atoms with van der Waals surface area (Å²) < 4.78 is 5.53. The van der Waals surface area contributed by atoms with Gasteiger partial charge in [0.25, 0.3) is 0 Å². The van der Waals surface area contributed by atoms with E-state index in [9.17, 15) is 0 Å². The summed E-state index contributed by atoms with van der Waals surface area (Å²) in [4.78, 5) is 0. The Kier molecular flexibility index (Phi) is 4.43. The Morgan fingerprint density at radius 1 is 1.53 bits per heavy atom. The Morgan fingerprint density at radius 2 is 2.27 bits per heavy atom. The van der Waals surface area contributed by atoms with Crippen molar-refractivity contribution in [3.8, 4) is 5.75 Å². The van der Waals surface area contributed by atoms with Crippen LogP contribution < -0.4 is 10.5 Å². The van der Waals surface area contributed by atoms with E-state index in [0.717, 1.165) is 17.7 Å². The van der Waals surface area contributed by atoms with E-state index in [0.29, 0.717) is 18.1 Å². The molecular weight excluding hydrogens is 212 g/mol. The Hall–Kier alpha value is -1.22. The lowest BCUT2D eigenvalue weighted by Crippen LogP contribution is -2.11. The number of aryl methyl sites for hydroxylation is 1. The van der Waals surface area contributed by atoms with Crippen LogP contribution >= 0.6 is 11.6 Å². The molecule has 0 bridgehead atoms. The molecule has 1 rings (SSSR count). The maximum atomic E-state index is 7.05. The minimum Gasteiger partial charge on any atom is -0.493 e. The van der Waals surface area contributed by atoms with Gasteiger partial charge in [-0.2, -0.15) is 0 Å². The van der Waals surface area contributed by atoms with E-state index >= 15 is 0 Å². The minimum atomic E-state index is 0.200. The second-order valence-corrected chi connectivity index (χ2v) is 3.82. The molecule has 0 fully saturated rings. The van der Waals surface area contributed by atoms with Gasteiger partial charge in [-0.25, -0.2) is 0 Å². The average Bonchev–Trinajstić information content (AvgIpc) is 2.14. The standard InChI is InChI=1S/C11H15ClN2O/c1-8-7-9(12)4-5-10(8)15-6-2-3-11(13)14/h4-5,7H,2-3,6H2,1H3,(H3,13,14). The Labute approximate surface area is 94.7 Å². The molecule has 0 saturated carbocycles. The summed E-state index contributed by atoms with van der Waals surface area (Å²) in [6.45, 7) is 2.52. The third-order valence-corrected chi connectivity index (χ3v) is 2.22. The molecule has 15 heavy (non-hydrogen) atoms. The first-order valence-electron chi connectivity index (χ1n) is 4.81. The molecule has 0 spiro atoms. The van der Waals surface area contributed by atoms with E-state index < -0.39 is 0 Å². The van der Waals surface area contributed by atoms with E-state index in [-0.39, 0.29) is 5.84 Å². The zero-order valence-electron chi connectivity index (χ0n) is 8.72. The highest BCUT2D eigenvalue weighted by atomic mass is 35.5. The first kappa shape index (κ1) is 11.9. The van der Waals surface area contributed by atoms with E-state index in [2.05, 4.69) is 0 Å². The largest absolute Gasteiger partial charge is 0.493 e. The predicted molar refractivity (Wildman–Crippen MR) is 62.8 cm³/mol. The second kappa shape index (κ2) is 5.61. The summed E-state index contributed by atoms with van der Waals surface area (Å²) in [5.41, 5.74) is 6.25. The third kappa shape index (κ3) is 4.21. The van der Waals surface area contributed by atoms with Crippen molar-refractivity contribution >= 4 is 17.4 Å². The van der Waals surface area contributed by atoms with Crippen LogP contribution in [0.1, 0.15) is 18.4 Å². The van der Waals surface area contributed by atoms with Gasteiger partial charge in [-0.1, -0.05) is 11.6 Å². The summed E-state index contributed by atoms with van der Waals surface area (Å²) in [6, 6.07) is 5.52. The Balaban J connectivity index is 2.40. The zero-order valence-corrected chi connectivity index (χ0v) is 9.47. The molecule has 0 aromatic heterocycles. The molecule has 1 aromatic rings. The Bertz CT molecular complexity index is 352. The first-order chi connectivity index (χ1) is 7.09. The van der Waals surface area contributed by atoms with Crippen molar-refractivity contribution < 1.29 is 4.74 Å². The molecular formula is C11H15ClN2O.